The molecule has 0 radical (unpaired) electrons. The lowest BCUT2D eigenvalue weighted by atomic mass is 9.97. The molecular weight excluding hydrogens is 427 g/mol. The van der Waals surface area contributed by atoms with Crippen molar-refractivity contribution >= 4 is 27.6 Å². The van der Waals surface area contributed by atoms with Crippen molar-refractivity contribution in [2.24, 2.45) is 5.92 Å². The fourth-order valence-electron chi connectivity index (χ4n) is 3.90. The first-order chi connectivity index (χ1) is 15.4. The third-order valence-electron chi connectivity index (χ3n) is 5.75. The summed E-state index contributed by atoms with van der Waals surface area (Å²) in [5.74, 6) is -0.0506. The number of fused-ring (bicyclic) bond motifs is 1. The molecule has 1 heterocycles. The molecular formula is C25H21FN2O3S. The molecule has 7 heteroatoms. The monoisotopic (exact) mass is 448 g/mol. The first-order valence-electron chi connectivity index (χ1n) is 10.5. The Kier molecular flexibility index (Phi) is 5.13. The highest BCUT2D eigenvalue weighted by Crippen LogP contribution is 2.34. The van der Waals surface area contributed by atoms with Crippen LogP contribution in [-0.4, -0.2) is 19.2 Å². The van der Waals surface area contributed by atoms with Crippen LogP contribution < -0.4 is 4.72 Å². The second-order valence-electron chi connectivity index (χ2n) is 8.18. The zero-order valence-corrected chi connectivity index (χ0v) is 18.0. The van der Waals surface area contributed by atoms with Crippen LogP contribution in [0.25, 0.3) is 17.2 Å². The summed E-state index contributed by atoms with van der Waals surface area (Å²) in [5, 5.41) is 0. The summed E-state index contributed by atoms with van der Waals surface area (Å²) in [4.78, 5) is 17.0. The van der Waals surface area contributed by atoms with Crippen molar-refractivity contribution in [2.75, 3.05) is 4.72 Å². The molecule has 1 N–H and O–H groups in total. The van der Waals surface area contributed by atoms with E-state index in [9.17, 15) is 17.6 Å². The van der Waals surface area contributed by atoms with Gasteiger partial charge in [0.25, 0.3) is 10.0 Å². The van der Waals surface area contributed by atoms with Gasteiger partial charge in [-0.15, -0.1) is 0 Å². The Hall–Kier alpha value is -3.32. The predicted molar refractivity (Wildman–Crippen MR) is 121 cm³/mol. The van der Waals surface area contributed by atoms with Crippen LogP contribution in [0.2, 0.25) is 0 Å². The summed E-state index contributed by atoms with van der Waals surface area (Å²) in [6.45, 7) is 0. The van der Waals surface area contributed by atoms with E-state index < -0.39 is 15.8 Å². The van der Waals surface area contributed by atoms with Gasteiger partial charge in [-0.1, -0.05) is 24.3 Å². The van der Waals surface area contributed by atoms with Crippen LogP contribution in [0.15, 0.2) is 65.6 Å². The maximum atomic E-state index is 13.1. The summed E-state index contributed by atoms with van der Waals surface area (Å²) < 4.78 is 40.7. The first kappa shape index (κ1) is 20.6. The summed E-state index contributed by atoms with van der Waals surface area (Å²) in [6.07, 6.45) is 7.14. The van der Waals surface area contributed by atoms with E-state index in [1.807, 2.05) is 24.3 Å². The number of pyridine rings is 1. The van der Waals surface area contributed by atoms with Gasteiger partial charge in [-0.25, -0.2) is 12.8 Å². The molecule has 1 fully saturated rings. The van der Waals surface area contributed by atoms with Crippen LogP contribution in [0.4, 0.5) is 10.1 Å². The van der Waals surface area contributed by atoms with Crippen molar-refractivity contribution in [2.45, 2.75) is 30.6 Å². The number of carbonyl (C=O) groups excluding carboxylic acids is 1. The van der Waals surface area contributed by atoms with Gasteiger partial charge in [0.15, 0.2) is 0 Å². The number of aromatic nitrogens is 1. The van der Waals surface area contributed by atoms with Gasteiger partial charge < -0.3 is 0 Å². The topological polar surface area (TPSA) is 76.1 Å². The van der Waals surface area contributed by atoms with Gasteiger partial charge in [0.2, 0.25) is 0 Å². The summed E-state index contributed by atoms with van der Waals surface area (Å²) >= 11 is 0. The maximum absolute atomic E-state index is 13.1. The maximum Gasteiger partial charge on any atom is 0.261 e. The highest BCUT2D eigenvalue weighted by molar-refractivity contribution is 7.92. The van der Waals surface area contributed by atoms with Crippen LogP contribution in [0.3, 0.4) is 0 Å². The van der Waals surface area contributed by atoms with Crippen molar-refractivity contribution in [1.82, 2.24) is 4.98 Å². The van der Waals surface area contributed by atoms with Gasteiger partial charge in [-0.2, -0.15) is 0 Å². The lowest BCUT2D eigenvalue weighted by molar-refractivity contribution is -0.119. The largest absolute Gasteiger partial charge is 0.299 e. The average molecular weight is 449 g/mol. The molecule has 0 amide bonds. The molecule has 162 valence electrons. The molecule has 0 unspecified atom stereocenters. The second kappa shape index (κ2) is 7.98. The number of Topliss-reactive ketones (excluding diaryl/α,β-unsaturated/α-hetero) is 1. The quantitative estimate of drug-likeness (QED) is 0.564. The number of hydrogen-bond donors (Lipinski definition) is 1. The van der Waals surface area contributed by atoms with E-state index in [0.717, 1.165) is 59.5 Å². The fourth-order valence-corrected chi connectivity index (χ4v) is 4.96. The van der Waals surface area contributed by atoms with Crippen molar-refractivity contribution < 1.29 is 17.6 Å². The van der Waals surface area contributed by atoms with Gasteiger partial charge in [0.1, 0.15) is 11.6 Å². The molecule has 0 aliphatic heterocycles. The number of ketones is 1. The Morgan fingerprint density at radius 2 is 1.78 bits per heavy atom. The SMILES string of the molecule is O=C(Cc1cc(-c2ccc(NS(=O)(=O)c3ccc(F)cc3)cc2)c2c(n1)CC=C2)C1CC1. The summed E-state index contributed by atoms with van der Waals surface area (Å²) in [7, 11) is -3.81. The number of hydrogen-bond acceptors (Lipinski definition) is 4. The number of rotatable bonds is 7. The zero-order valence-electron chi connectivity index (χ0n) is 17.2. The standard InChI is InChI=1S/C25H21FN2O3S/c26-18-8-12-21(13-9-18)32(30,31)28-19-10-6-16(7-11-19)23-14-20(15-25(29)17-4-5-17)27-24-3-1-2-22(23)24/h1-2,6-14,17,28H,3-5,15H2. The van der Waals surface area contributed by atoms with Crippen molar-refractivity contribution in [1.29, 1.82) is 0 Å². The number of benzene rings is 2. The second-order valence-corrected chi connectivity index (χ2v) is 9.86. The third-order valence-corrected chi connectivity index (χ3v) is 7.14. The molecule has 3 aromatic rings. The highest BCUT2D eigenvalue weighted by Gasteiger charge is 2.30. The van der Waals surface area contributed by atoms with E-state index >= 15 is 0 Å². The fraction of sp³-hybridized carbons (Fsp3) is 0.200. The van der Waals surface area contributed by atoms with Crippen LogP contribution in [0.5, 0.6) is 0 Å². The Bertz CT molecular complexity index is 1330. The minimum absolute atomic E-state index is 0.00922. The van der Waals surface area contributed by atoms with Crippen molar-refractivity contribution in [3.05, 3.63) is 83.4 Å². The van der Waals surface area contributed by atoms with E-state index in [1.165, 1.54) is 12.1 Å². The number of allylic oxidation sites excluding steroid dienone is 1. The minimum atomic E-state index is -3.81. The first-order valence-corrected chi connectivity index (χ1v) is 12.0. The Morgan fingerprint density at radius 1 is 1.06 bits per heavy atom. The van der Waals surface area contributed by atoms with Crippen LogP contribution in [0.1, 0.15) is 29.8 Å². The molecule has 1 aromatic heterocycles. The summed E-state index contributed by atoms with van der Waals surface area (Å²) in [6, 6.07) is 13.7. The Morgan fingerprint density at radius 3 is 2.47 bits per heavy atom. The van der Waals surface area contributed by atoms with Crippen molar-refractivity contribution in [3.63, 3.8) is 0 Å². The number of sulfonamides is 1. The van der Waals surface area contributed by atoms with Crippen LogP contribution in [0, 0.1) is 11.7 Å². The lowest BCUT2D eigenvalue weighted by Crippen LogP contribution is -2.12. The molecule has 5 rings (SSSR count). The molecule has 0 saturated heterocycles. The molecule has 5 nitrogen and oxygen atoms in total. The molecule has 2 aliphatic carbocycles. The predicted octanol–water partition coefficient (Wildman–Crippen LogP) is 4.78. The lowest BCUT2D eigenvalue weighted by Gasteiger charge is -2.13. The van der Waals surface area contributed by atoms with E-state index in [-0.39, 0.29) is 16.6 Å². The molecule has 2 aromatic carbocycles. The number of halogens is 1. The number of carbonyl (C=O) groups is 1. The molecule has 32 heavy (non-hydrogen) atoms. The van der Waals surface area contributed by atoms with Crippen LogP contribution in [-0.2, 0) is 27.7 Å². The normalized spacial score (nSPS) is 14.9. The van der Waals surface area contributed by atoms with Gasteiger partial charge in [0, 0.05) is 35.7 Å². The molecule has 0 atom stereocenters. The highest BCUT2D eigenvalue weighted by atomic mass is 32.2. The van der Waals surface area contributed by atoms with Crippen LogP contribution >= 0.6 is 0 Å². The van der Waals surface area contributed by atoms with Gasteiger partial charge in [-0.3, -0.25) is 14.5 Å². The van der Waals surface area contributed by atoms with Crippen molar-refractivity contribution in [3.8, 4) is 11.1 Å². The Balaban J connectivity index is 1.41. The molecule has 2 aliphatic rings. The van der Waals surface area contributed by atoms with Gasteiger partial charge in [0.05, 0.1) is 10.6 Å². The van der Waals surface area contributed by atoms with Gasteiger partial charge in [-0.05, 0) is 66.4 Å². The van der Waals surface area contributed by atoms with E-state index in [4.69, 9.17) is 4.98 Å². The van der Waals surface area contributed by atoms with E-state index in [0.29, 0.717) is 12.1 Å². The summed E-state index contributed by atoms with van der Waals surface area (Å²) in [5.41, 5.74) is 5.08. The third kappa shape index (κ3) is 4.21. The zero-order chi connectivity index (χ0) is 22.3. The Labute approximate surface area is 186 Å². The smallest absolute Gasteiger partial charge is 0.261 e. The minimum Gasteiger partial charge on any atom is -0.299 e. The van der Waals surface area contributed by atoms with E-state index in [1.54, 1.807) is 12.1 Å². The molecule has 0 spiro atoms. The van der Waals surface area contributed by atoms with E-state index in [2.05, 4.69) is 10.8 Å². The van der Waals surface area contributed by atoms with Gasteiger partial charge >= 0.3 is 0 Å². The number of nitrogens with zero attached hydrogens (tertiary/aromatic N) is 1. The molecule has 0 bridgehead atoms. The number of anilines is 1. The average Bonchev–Trinajstić information content (AvgIpc) is 3.52. The molecule has 1 saturated carbocycles. The number of nitrogens with one attached hydrogen (secondary N) is 1.